The fourth-order valence-corrected chi connectivity index (χ4v) is 7.68. The number of nitrogens with one attached hydrogen (secondary N) is 8. The second kappa shape index (κ2) is 27.9. The van der Waals surface area contributed by atoms with Gasteiger partial charge in [-0.05, 0) is 86.8 Å². The molecule has 1 aliphatic heterocycles. The maximum atomic E-state index is 14.3. The zero-order chi connectivity index (χ0) is 50.5. The van der Waals surface area contributed by atoms with E-state index in [0.29, 0.717) is 11.1 Å². The van der Waals surface area contributed by atoms with Crippen molar-refractivity contribution in [2.45, 2.75) is 114 Å². The zero-order valence-corrected chi connectivity index (χ0v) is 39.5. The van der Waals surface area contributed by atoms with Crippen molar-refractivity contribution in [1.29, 1.82) is 0 Å². The van der Waals surface area contributed by atoms with E-state index in [1.54, 1.807) is 42.5 Å². The second-order valence-corrected chi connectivity index (χ2v) is 17.5. The van der Waals surface area contributed by atoms with E-state index in [9.17, 15) is 43.5 Å². The maximum absolute atomic E-state index is 14.3. The Hall–Kier alpha value is -6.74. The van der Waals surface area contributed by atoms with Gasteiger partial charge in [0.05, 0.1) is 12.5 Å². The van der Waals surface area contributed by atoms with E-state index in [1.807, 2.05) is 56.3 Å². The van der Waals surface area contributed by atoms with Crippen LogP contribution in [0.3, 0.4) is 0 Å². The van der Waals surface area contributed by atoms with Gasteiger partial charge in [-0.1, -0.05) is 98.8 Å². The van der Waals surface area contributed by atoms with Crippen LogP contribution in [0.15, 0.2) is 84.9 Å². The number of aliphatic hydroxyl groups excluding tert-OH is 1. The lowest BCUT2D eigenvalue weighted by Crippen LogP contribution is -2.61. The molecular weight excluding hydrogens is 887 g/mol. The molecule has 0 unspecified atom stereocenters. The summed E-state index contributed by atoms with van der Waals surface area (Å²) in [6, 6.07) is 16.4. The Balaban J connectivity index is 1.71. The highest BCUT2D eigenvalue weighted by Gasteiger charge is 2.35. The summed E-state index contributed by atoms with van der Waals surface area (Å²) >= 11 is 0. The van der Waals surface area contributed by atoms with Crippen LogP contribution in [0.5, 0.6) is 0 Å². The Bertz CT molecular complexity index is 2180. The summed E-state index contributed by atoms with van der Waals surface area (Å²) in [6.07, 6.45) is -1.99. The Labute approximate surface area is 402 Å². The molecule has 0 aromatic heterocycles. The fourth-order valence-electron chi connectivity index (χ4n) is 7.68. The minimum absolute atomic E-state index is 0.0291. The predicted molar refractivity (Wildman–Crippen MR) is 259 cm³/mol. The average Bonchev–Trinajstić information content (AvgIpc) is 3.32. The lowest BCUT2D eigenvalue weighted by atomic mass is 10.00. The van der Waals surface area contributed by atoms with Crippen LogP contribution >= 0.6 is 0 Å². The van der Waals surface area contributed by atoms with Crippen molar-refractivity contribution in [1.82, 2.24) is 42.5 Å². The number of carbonyl (C=O) groups is 8. The number of hydrogen-bond donors (Lipinski definition) is 12. The van der Waals surface area contributed by atoms with Crippen LogP contribution in [0.4, 0.5) is 0 Å². The number of nitrogens with two attached hydrogens (primary N) is 3. The molecule has 4 rings (SSSR count). The molecule has 0 saturated carbocycles. The van der Waals surface area contributed by atoms with Gasteiger partial charge in [-0.2, -0.15) is 0 Å². The Morgan fingerprint density at radius 3 is 1.54 bits per heavy atom. The van der Waals surface area contributed by atoms with Gasteiger partial charge in [0, 0.05) is 13.0 Å². The fraction of sp³-hybridized carbons (Fsp3) is 0.469. The van der Waals surface area contributed by atoms with Gasteiger partial charge in [-0.15, -0.1) is 0 Å². The van der Waals surface area contributed by atoms with Gasteiger partial charge in [0.15, 0.2) is 0 Å². The lowest BCUT2D eigenvalue weighted by molar-refractivity contribution is -0.136. The van der Waals surface area contributed by atoms with Crippen LogP contribution in [-0.4, -0.2) is 127 Å². The minimum Gasteiger partial charge on any atom is -0.391 e. The highest BCUT2D eigenvalue weighted by molar-refractivity contribution is 5.98. The van der Waals surface area contributed by atoms with E-state index in [2.05, 4.69) is 42.5 Å². The Morgan fingerprint density at radius 1 is 0.565 bits per heavy atom. The SMILES string of the molecule is CC(C)C[C@@H]1NC(=O)[C@@H](Cc2ccccc2)NC(=O)[C@H](CCN)NC(=O)[C@@H](NC(=O)Cc2ccc(-c3ccccc3)cc2)CCNC(=O)[C@H]([C@@H](C)O)NC(=O)[C@H](CCN)NC(=O)[C@H](CCN)NC1=O. The molecule has 1 heterocycles. The predicted octanol–water partition coefficient (Wildman–Crippen LogP) is -1.47. The molecule has 1 saturated heterocycles. The van der Waals surface area contributed by atoms with Crippen molar-refractivity contribution in [3.05, 3.63) is 96.1 Å². The molecule has 1 fully saturated rings. The third-order valence-corrected chi connectivity index (χ3v) is 11.4. The first-order valence-corrected chi connectivity index (χ1v) is 23.4. The number of aliphatic hydroxyl groups is 1. The number of hydrogen-bond acceptors (Lipinski definition) is 12. The molecule has 69 heavy (non-hydrogen) atoms. The lowest BCUT2D eigenvalue weighted by Gasteiger charge is -2.28. The third kappa shape index (κ3) is 17.7. The van der Waals surface area contributed by atoms with E-state index in [1.165, 1.54) is 6.92 Å². The third-order valence-electron chi connectivity index (χ3n) is 11.4. The van der Waals surface area contributed by atoms with Crippen LogP contribution in [0.1, 0.15) is 64.0 Å². The van der Waals surface area contributed by atoms with Gasteiger partial charge in [0.2, 0.25) is 47.3 Å². The molecule has 15 N–H and O–H groups in total. The molecule has 374 valence electrons. The average molecular weight is 956 g/mol. The summed E-state index contributed by atoms with van der Waals surface area (Å²) in [7, 11) is 0. The van der Waals surface area contributed by atoms with Crippen LogP contribution in [-0.2, 0) is 51.2 Å². The second-order valence-electron chi connectivity index (χ2n) is 17.5. The van der Waals surface area contributed by atoms with E-state index in [-0.39, 0.29) is 77.0 Å². The normalized spacial score (nSPS) is 23.2. The van der Waals surface area contributed by atoms with Crippen LogP contribution in [0, 0.1) is 5.92 Å². The summed E-state index contributed by atoms with van der Waals surface area (Å²) in [5.74, 6) is -6.32. The molecule has 0 aliphatic carbocycles. The molecular formula is C49H69N11O9. The van der Waals surface area contributed by atoms with Gasteiger partial charge >= 0.3 is 0 Å². The Morgan fingerprint density at radius 2 is 1.01 bits per heavy atom. The van der Waals surface area contributed by atoms with Gasteiger partial charge in [-0.25, -0.2) is 0 Å². The van der Waals surface area contributed by atoms with Crippen molar-refractivity contribution >= 4 is 47.3 Å². The highest BCUT2D eigenvalue weighted by Crippen LogP contribution is 2.19. The summed E-state index contributed by atoms with van der Waals surface area (Å²) in [6.45, 7) is 4.43. The molecule has 1 aliphatic rings. The van der Waals surface area contributed by atoms with Crippen molar-refractivity contribution < 1.29 is 43.5 Å². The molecule has 0 radical (unpaired) electrons. The summed E-state index contributed by atoms with van der Waals surface area (Å²) in [4.78, 5) is 111. The van der Waals surface area contributed by atoms with Gasteiger partial charge in [-0.3, -0.25) is 38.4 Å². The summed E-state index contributed by atoms with van der Waals surface area (Å²) in [5.41, 5.74) is 20.8. The topological polar surface area (TPSA) is 331 Å². The minimum atomic E-state index is -1.56. The molecule has 8 atom stereocenters. The molecule has 3 aromatic rings. The smallest absolute Gasteiger partial charge is 0.245 e. The highest BCUT2D eigenvalue weighted by atomic mass is 16.3. The van der Waals surface area contributed by atoms with Crippen molar-refractivity contribution in [3.63, 3.8) is 0 Å². The largest absolute Gasteiger partial charge is 0.391 e. The van der Waals surface area contributed by atoms with E-state index < -0.39 is 95.7 Å². The number of rotatable bonds is 15. The van der Waals surface area contributed by atoms with Crippen LogP contribution in [0.2, 0.25) is 0 Å². The van der Waals surface area contributed by atoms with Gasteiger partial charge in [0.25, 0.3) is 0 Å². The quantitative estimate of drug-likeness (QED) is 0.0831. The van der Waals surface area contributed by atoms with Gasteiger partial charge < -0.3 is 64.8 Å². The van der Waals surface area contributed by atoms with E-state index >= 15 is 0 Å². The number of amides is 8. The number of carbonyl (C=O) groups excluding carboxylic acids is 8. The summed E-state index contributed by atoms with van der Waals surface area (Å²) in [5, 5.41) is 31.8. The number of benzene rings is 3. The first kappa shape index (κ1) is 54.9. The first-order valence-electron chi connectivity index (χ1n) is 23.4. The molecule has 0 spiro atoms. The molecule has 20 heteroatoms. The van der Waals surface area contributed by atoms with Crippen molar-refractivity contribution in [3.8, 4) is 11.1 Å². The summed E-state index contributed by atoms with van der Waals surface area (Å²) < 4.78 is 0. The molecule has 3 aromatic carbocycles. The Kier molecular flexibility index (Phi) is 22.2. The monoisotopic (exact) mass is 956 g/mol. The molecule has 20 nitrogen and oxygen atoms in total. The molecule has 8 amide bonds. The van der Waals surface area contributed by atoms with Crippen LogP contribution < -0.4 is 59.7 Å². The van der Waals surface area contributed by atoms with Gasteiger partial charge in [0.1, 0.15) is 42.3 Å². The maximum Gasteiger partial charge on any atom is 0.245 e. The van der Waals surface area contributed by atoms with Crippen molar-refractivity contribution in [2.24, 2.45) is 23.1 Å². The zero-order valence-electron chi connectivity index (χ0n) is 39.5. The van der Waals surface area contributed by atoms with Crippen molar-refractivity contribution in [2.75, 3.05) is 26.2 Å². The van der Waals surface area contributed by atoms with Crippen LogP contribution in [0.25, 0.3) is 11.1 Å². The first-order chi connectivity index (χ1) is 33.0. The standard InChI is InChI=1S/C49H69N11O9/c1-29(2)26-39-47(67)57-35(18-22-50)43(63)56-37(20-24-52)46(66)60-42(30(3)61)49(69)53-25-21-38(54-41(62)28-32-14-16-34(17-15-32)33-12-8-5-9-13-33)45(65)55-36(19-23-51)44(64)59-40(48(68)58-39)27-31-10-6-4-7-11-31/h4-17,29-30,35-40,42,61H,18-28,50-52H2,1-3H3,(H,53,69)(H,54,62)(H,55,65)(H,56,63)(H,57,67)(H,58,68)(H,59,64)(H,60,66)/t30-,35+,36+,37+,38+,39+,40-,42+/m1/s1. The van der Waals surface area contributed by atoms with E-state index in [4.69, 9.17) is 17.2 Å². The molecule has 0 bridgehead atoms. The van der Waals surface area contributed by atoms with E-state index in [0.717, 1.165) is 11.1 Å².